The first-order chi connectivity index (χ1) is 13.5. The van der Waals surface area contributed by atoms with Gasteiger partial charge in [0.2, 0.25) is 0 Å². The molecule has 3 aromatic rings. The van der Waals surface area contributed by atoms with Crippen molar-refractivity contribution >= 4 is 29.1 Å². The Morgan fingerprint density at radius 2 is 2.14 bits per heavy atom. The Balaban J connectivity index is 2.03. The fraction of sp³-hybridized carbons (Fsp3) is 0.150. The van der Waals surface area contributed by atoms with Crippen molar-refractivity contribution in [3.05, 3.63) is 57.9 Å². The van der Waals surface area contributed by atoms with Crippen LogP contribution in [0.2, 0.25) is 5.02 Å². The number of anilines is 1. The lowest BCUT2D eigenvalue weighted by atomic mass is 10.1. The van der Waals surface area contributed by atoms with Crippen LogP contribution >= 0.6 is 11.6 Å². The maximum atomic E-state index is 9.57. The molecule has 0 aliphatic rings. The van der Waals surface area contributed by atoms with Gasteiger partial charge >= 0.3 is 0 Å². The molecule has 1 aromatic carbocycles. The van der Waals surface area contributed by atoms with E-state index >= 15 is 0 Å². The molecule has 0 spiro atoms. The summed E-state index contributed by atoms with van der Waals surface area (Å²) in [7, 11) is 0. The molecule has 0 aliphatic carbocycles. The molecule has 0 aliphatic heterocycles. The summed E-state index contributed by atoms with van der Waals surface area (Å²) in [6.07, 6.45) is 1.50. The molecule has 0 fully saturated rings. The molecule has 0 atom stereocenters. The van der Waals surface area contributed by atoms with E-state index in [4.69, 9.17) is 26.9 Å². The number of nitrogens with zero attached hydrogens (tertiary/aromatic N) is 4. The highest BCUT2D eigenvalue weighted by molar-refractivity contribution is 6.31. The van der Waals surface area contributed by atoms with Crippen LogP contribution in [0.4, 0.5) is 5.82 Å². The minimum Gasteiger partial charge on any atom is -0.457 e. The van der Waals surface area contributed by atoms with E-state index in [-0.39, 0.29) is 35.8 Å². The van der Waals surface area contributed by atoms with E-state index in [1.807, 2.05) is 31.2 Å². The molecule has 0 bridgehead atoms. The predicted octanol–water partition coefficient (Wildman–Crippen LogP) is 3.62. The summed E-state index contributed by atoms with van der Waals surface area (Å²) in [5.74, 6) is 1.13. The second kappa shape index (κ2) is 8.01. The number of nitrogen functional groups attached to an aromatic ring is 1. The van der Waals surface area contributed by atoms with Gasteiger partial charge < -0.3 is 15.3 Å². The van der Waals surface area contributed by atoms with Gasteiger partial charge in [0.05, 0.1) is 18.7 Å². The summed E-state index contributed by atoms with van der Waals surface area (Å²) < 4.78 is 7.14. The van der Waals surface area contributed by atoms with Crippen molar-refractivity contribution in [3.8, 4) is 23.5 Å². The van der Waals surface area contributed by atoms with Gasteiger partial charge in [0, 0.05) is 16.7 Å². The third-order valence-corrected chi connectivity index (χ3v) is 4.65. The van der Waals surface area contributed by atoms with Crippen molar-refractivity contribution in [2.24, 2.45) is 0 Å². The Hall–Kier alpha value is -3.52. The summed E-state index contributed by atoms with van der Waals surface area (Å²) in [5, 5.41) is 32.9. The van der Waals surface area contributed by atoms with Crippen LogP contribution in [0, 0.1) is 29.6 Å². The first kappa shape index (κ1) is 19.2. The zero-order valence-electron chi connectivity index (χ0n) is 15.0. The maximum absolute atomic E-state index is 9.57. The number of halogens is 1. The van der Waals surface area contributed by atoms with Crippen LogP contribution in [-0.2, 0) is 6.54 Å². The van der Waals surface area contributed by atoms with Crippen molar-refractivity contribution in [1.29, 1.82) is 10.5 Å². The lowest BCUT2D eigenvalue weighted by Crippen LogP contribution is -2.07. The van der Waals surface area contributed by atoms with Crippen LogP contribution in [0.1, 0.15) is 22.6 Å². The number of furan rings is 1. The Labute approximate surface area is 166 Å². The second-order valence-corrected chi connectivity index (χ2v) is 6.36. The molecule has 0 amide bonds. The predicted molar refractivity (Wildman–Crippen MR) is 106 cm³/mol. The Morgan fingerprint density at radius 1 is 1.36 bits per heavy atom. The van der Waals surface area contributed by atoms with Gasteiger partial charge in [-0.15, -0.1) is 0 Å². The lowest BCUT2D eigenvalue weighted by Gasteiger charge is -2.03. The Kier molecular flexibility index (Phi) is 5.51. The number of hydrogen-bond donors (Lipinski definition) is 2. The Morgan fingerprint density at radius 3 is 2.82 bits per heavy atom. The molecule has 140 valence electrons. The van der Waals surface area contributed by atoms with Gasteiger partial charge in [-0.05, 0) is 30.7 Å². The van der Waals surface area contributed by atoms with Crippen LogP contribution in [0.25, 0.3) is 23.0 Å². The van der Waals surface area contributed by atoms with E-state index in [2.05, 4.69) is 5.10 Å². The molecule has 2 aromatic heterocycles. The number of rotatable bonds is 5. The number of aromatic nitrogens is 2. The first-order valence-corrected chi connectivity index (χ1v) is 8.72. The highest BCUT2D eigenvalue weighted by atomic mass is 35.5. The van der Waals surface area contributed by atoms with Gasteiger partial charge in [0.1, 0.15) is 40.7 Å². The third kappa shape index (κ3) is 3.49. The van der Waals surface area contributed by atoms with E-state index in [0.29, 0.717) is 16.5 Å². The second-order valence-electron chi connectivity index (χ2n) is 5.95. The van der Waals surface area contributed by atoms with E-state index in [1.165, 1.54) is 10.8 Å². The zero-order chi connectivity index (χ0) is 20.3. The SMILES string of the molecule is Cc1c(Cl)cccc1-c1ccc(C=C(C#N)c2nn(CCO)c(N)c2C#N)o1. The van der Waals surface area contributed by atoms with E-state index in [1.54, 1.807) is 18.2 Å². The molecule has 8 heteroatoms. The van der Waals surface area contributed by atoms with Gasteiger partial charge in [0.25, 0.3) is 0 Å². The molecule has 2 heterocycles. The molecular formula is C20H16ClN5O2. The minimum atomic E-state index is -0.192. The molecule has 3 N–H and O–H groups in total. The maximum Gasteiger partial charge on any atom is 0.140 e. The number of aliphatic hydroxyl groups excluding tert-OH is 1. The molecular weight excluding hydrogens is 378 g/mol. The normalized spacial score (nSPS) is 11.2. The fourth-order valence-electron chi connectivity index (χ4n) is 2.78. The standard InChI is InChI=1S/C20H16ClN5O2/c1-12-15(3-2-4-17(12)21)18-6-5-14(28-18)9-13(10-22)19-16(11-23)20(24)26(25-19)7-8-27/h2-6,9,27H,7-8,24H2,1H3. The lowest BCUT2D eigenvalue weighted by molar-refractivity contribution is 0.270. The number of aliphatic hydroxyl groups is 1. The van der Waals surface area contributed by atoms with Gasteiger partial charge in [-0.25, -0.2) is 4.68 Å². The highest BCUT2D eigenvalue weighted by Gasteiger charge is 2.19. The molecule has 0 saturated carbocycles. The number of hydrogen-bond acceptors (Lipinski definition) is 6. The minimum absolute atomic E-state index is 0.0821. The van der Waals surface area contributed by atoms with Gasteiger partial charge in [-0.3, -0.25) is 0 Å². The van der Waals surface area contributed by atoms with Gasteiger partial charge in [-0.1, -0.05) is 23.7 Å². The zero-order valence-corrected chi connectivity index (χ0v) is 15.7. The third-order valence-electron chi connectivity index (χ3n) is 4.24. The smallest absolute Gasteiger partial charge is 0.140 e. The molecule has 3 rings (SSSR count). The van der Waals surface area contributed by atoms with E-state index in [9.17, 15) is 10.5 Å². The van der Waals surface area contributed by atoms with Crippen LogP contribution in [0.5, 0.6) is 0 Å². The summed E-state index contributed by atoms with van der Waals surface area (Å²) >= 11 is 6.17. The summed E-state index contributed by atoms with van der Waals surface area (Å²) in [6.45, 7) is 1.83. The number of nitriles is 2. The van der Waals surface area contributed by atoms with Crippen LogP contribution in [0.15, 0.2) is 34.7 Å². The van der Waals surface area contributed by atoms with Crippen LogP contribution < -0.4 is 5.73 Å². The summed E-state index contributed by atoms with van der Waals surface area (Å²) in [5.41, 5.74) is 7.98. The fourth-order valence-corrected chi connectivity index (χ4v) is 2.96. The number of allylic oxidation sites excluding steroid dienone is 1. The first-order valence-electron chi connectivity index (χ1n) is 8.34. The van der Waals surface area contributed by atoms with Crippen LogP contribution in [-0.4, -0.2) is 21.5 Å². The largest absolute Gasteiger partial charge is 0.457 e. The molecule has 7 nitrogen and oxygen atoms in total. The van der Waals surface area contributed by atoms with E-state index in [0.717, 1.165) is 11.1 Å². The topological polar surface area (TPSA) is 125 Å². The quantitative estimate of drug-likeness (QED) is 0.638. The molecule has 0 saturated heterocycles. The number of benzene rings is 1. The average molecular weight is 394 g/mol. The van der Waals surface area contributed by atoms with Crippen molar-refractivity contribution in [2.75, 3.05) is 12.3 Å². The Bertz CT molecular complexity index is 1140. The number of nitrogens with two attached hydrogens (primary N) is 1. The highest BCUT2D eigenvalue weighted by Crippen LogP contribution is 2.31. The van der Waals surface area contributed by atoms with Crippen molar-refractivity contribution in [3.63, 3.8) is 0 Å². The van der Waals surface area contributed by atoms with E-state index < -0.39 is 0 Å². The van der Waals surface area contributed by atoms with Gasteiger partial charge in [0.15, 0.2) is 0 Å². The summed E-state index contributed by atoms with van der Waals surface area (Å²) in [4.78, 5) is 0. The summed E-state index contributed by atoms with van der Waals surface area (Å²) in [6, 6.07) is 13.0. The van der Waals surface area contributed by atoms with Crippen molar-refractivity contribution in [1.82, 2.24) is 9.78 Å². The molecule has 0 unspecified atom stereocenters. The monoisotopic (exact) mass is 393 g/mol. The molecule has 0 radical (unpaired) electrons. The molecule has 28 heavy (non-hydrogen) atoms. The average Bonchev–Trinajstić information content (AvgIpc) is 3.27. The van der Waals surface area contributed by atoms with Gasteiger partial charge in [-0.2, -0.15) is 15.6 Å². The van der Waals surface area contributed by atoms with Crippen LogP contribution in [0.3, 0.4) is 0 Å². The van der Waals surface area contributed by atoms with Crippen molar-refractivity contribution in [2.45, 2.75) is 13.5 Å². The van der Waals surface area contributed by atoms with Crippen molar-refractivity contribution < 1.29 is 9.52 Å².